The molecule has 0 amide bonds. The first-order valence-corrected chi connectivity index (χ1v) is 5.74. The Hall–Kier alpha value is -1.13. The predicted molar refractivity (Wildman–Crippen MR) is 68.6 cm³/mol. The molecule has 0 fully saturated rings. The first-order chi connectivity index (χ1) is 7.96. The minimum absolute atomic E-state index is 0.0618. The van der Waals surface area contributed by atoms with Crippen molar-refractivity contribution in [2.75, 3.05) is 19.0 Å². The van der Waals surface area contributed by atoms with Gasteiger partial charge < -0.3 is 15.8 Å². The molecule has 0 saturated heterocycles. The molecule has 0 aliphatic heterocycles. The van der Waals surface area contributed by atoms with Gasteiger partial charge in [-0.3, -0.25) is 0 Å². The summed E-state index contributed by atoms with van der Waals surface area (Å²) in [7, 11) is 1.68. The lowest BCUT2D eigenvalue weighted by Gasteiger charge is -2.29. The predicted octanol–water partition coefficient (Wildman–Crippen LogP) is 2.38. The van der Waals surface area contributed by atoms with Crippen LogP contribution < -0.4 is 11.1 Å². The van der Waals surface area contributed by atoms with Crippen LogP contribution in [0.5, 0.6) is 0 Å². The summed E-state index contributed by atoms with van der Waals surface area (Å²) in [6, 6.07) is 6.44. The third-order valence-electron chi connectivity index (χ3n) is 2.77. The van der Waals surface area contributed by atoms with Crippen molar-refractivity contribution in [3.63, 3.8) is 0 Å². The smallest absolute Gasteiger partial charge is 0.125 e. The van der Waals surface area contributed by atoms with E-state index in [9.17, 15) is 4.39 Å². The van der Waals surface area contributed by atoms with Gasteiger partial charge in [0.05, 0.1) is 5.60 Å². The van der Waals surface area contributed by atoms with Gasteiger partial charge in [0, 0.05) is 25.4 Å². The Morgan fingerprint density at radius 1 is 1.47 bits per heavy atom. The lowest BCUT2D eigenvalue weighted by Crippen LogP contribution is -2.37. The van der Waals surface area contributed by atoms with E-state index in [1.54, 1.807) is 13.2 Å². The molecule has 0 bridgehead atoms. The highest BCUT2D eigenvalue weighted by Gasteiger charge is 2.21. The van der Waals surface area contributed by atoms with E-state index in [4.69, 9.17) is 10.5 Å². The van der Waals surface area contributed by atoms with Crippen molar-refractivity contribution in [1.82, 2.24) is 0 Å². The Morgan fingerprint density at radius 2 is 2.18 bits per heavy atom. The van der Waals surface area contributed by atoms with E-state index < -0.39 is 0 Å². The third kappa shape index (κ3) is 4.71. The van der Waals surface area contributed by atoms with E-state index in [0.29, 0.717) is 6.54 Å². The Labute approximate surface area is 102 Å². The molecule has 0 spiro atoms. The summed E-state index contributed by atoms with van der Waals surface area (Å²) in [6.07, 6.45) is 0.760. The summed E-state index contributed by atoms with van der Waals surface area (Å²) in [6.45, 7) is 4.48. The number of rotatable bonds is 6. The Bertz CT molecular complexity index is 355. The fourth-order valence-electron chi connectivity index (χ4n) is 1.68. The quantitative estimate of drug-likeness (QED) is 0.802. The lowest BCUT2D eigenvalue weighted by molar-refractivity contribution is 0.0122. The molecular weight excluding hydrogens is 219 g/mol. The molecule has 17 heavy (non-hydrogen) atoms. The second-order valence-corrected chi connectivity index (χ2v) is 4.76. The van der Waals surface area contributed by atoms with Crippen LogP contribution in [-0.2, 0) is 4.74 Å². The van der Waals surface area contributed by atoms with Crippen molar-refractivity contribution in [3.8, 4) is 0 Å². The normalized spacial score (nSPS) is 13.5. The van der Waals surface area contributed by atoms with Gasteiger partial charge in [0.25, 0.3) is 0 Å². The molecule has 1 rings (SSSR count). The number of anilines is 1. The maximum absolute atomic E-state index is 13.0. The van der Waals surface area contributed by atoms with Crippen LogP contribution in [0, 0.1) is 5.82 Å². The van der Waals surface area contributed by atoms with E-state index in [-0.39, 0.29) is 17.5 Å². The highest BCUT2D eigenvalue weighted by molar-refractivity contribution is 5.44. The maximum atomic E-state index is 13.0. The van der Waals surface area contributed by atoms with Crippen LogP contribution in [0.1, 0.15) is 20.3 Å². The van der Waals surface area contributed by atoms with E-state index in [0.717, 1.165) is 12.1 Å². The highest BCUT2D eigenvalue weighted by atomic mass is 19.1. The molecular formula is C13H21FN2O. The van der Waals surface area contributed by atoms with Crippen LogP contribution in [0.2, 0.25) is 0 Å². The second kappa shape index (κ2) is 5.98. The van der Waals surface area contributed by atoms with Crippen molar-refractivity contribution in [3.05, 3.63) is 30.1 Å². The number of halogens is 1. The molecule has 1 aromatic carbocycles. The fourth-order valence-corrected chi connectivity index (χ4v) is 1.68. The number of hydrogen-bond donors (Lipinski definition) is 2. The van der Waals surface area contributed by atoms with Crippen molar-refractivity contribution >= 4 is 5.69 Å². The standard InChI is InChI=1S/C13H21FN2O/c1-13(2,17-3)8-12(9-15)16-11-6-4-5-10(14)7-11/h4-7,12,16H,8-9,15H2,1-3H3. The van der Waals surface area contributed by atoms with Crippen molar-refractivity contribution in [2.45, 2.75) is 31.9 Å². The van der Waals surface area contributed by atoms with Crippen LogP contribution in [0.15, 0.2) is 24.3 Å². The molecule has 0 saturated carbocycles. The van der Waals surface area contributed by atoms with Crippen LogP contribution in [0.3, 0.4) is 0 Å². The second-order valence-electron chi connectivity index (χ2n) is 4.76. The zero-order chi connectivity index (χ0) is 12.9. The summed E-state index contributed by atoms with van der Waals surface area (Å²) in [5.74, 6) is -0.253. The molecule has 1 unspecified atom stereocenters. The summed E-state index contributed by atoms with van der Waals surface area (Å²) < 4.78 is 18.4. The van der Waals surface area contributed by atoms with E-state index in [1.165, 1.54) is 12.1 Å². The average Bonchev–Trinajstić information content (AvgIpc) is 2.28. The van der Waals surface area contributed by atoms with Gasteiger partial charge in [-0.2, -0.15) is 0 Å². The van der Waals surface area contributed by atoms with Crippen LogP contribution in [0.4, 0.5) is 10.1 Å². The van der Waals surface area contributed by atoms with Gasteiger partial charge in [0.15, 0.2) is 0 Å². The van der Waals surface area contributed by atoms with E-state index in [2.05, 4.69) is 5.32 Å². The number of nitrogens with two attached hydrogens (primary N) is 1. The summed E-state index contributed by atoms with van der Waals surface area (Å²) in [4.78, 5) is 0. The number of nitrogens with one attached hydrogen (secondary N) is 1. The van der Waals surface area contributed by atoms with Crippen molar-refractivity contribution in [1.29, 1.82) is 0 Å². The van der Waals surface area contributed by atoms with E-state index >= 15 is 0 Å². The van der Waals surface area contributed by atoms with Gasteiger partial charge >= 0.3 is 0 Å². The Kier molecular flexibility index (Phi) is 4.90. The molecule has 0 aromatic heterocycles. The molecule has 4 heteroatoms. The van der Waals surface area contributed by atoms with Gasteiger partial charge in [0.1, 0.15) is 5.82 Å². The largest absolute Gasteiger partial charge is 0.381 e. The maximum Gasteiger partial charge on any atom is 0.125 e. The first-order valence-electron chi connectivity index (χ1n) is 5.74. The van der Waals surface area contributed by atoms with Gasteiger partial charge in [-0.1, -0.05) is 6.07 Å². The zero-order valence-electron chi connectivity index (χ0n) is 10.7. The topological polar surface area (TPSA) is 47.3 Å². The van der Waals surface area contributed by atoms with Gasteiger partial charge in [0.2, 0.25) is 0 Å². The first kappa shape index (κ1) is 13.9. The van der Waals surface area contributed by atoms with Crippen LogP contribution in [0.25, 0.3) is 0 Å². The molecule has 1 atom stereocenters. The van der Waals surface area contributed by atoms with Crippen molar-refractivity contribution in [2.24, 2.45) is 5.73 Å². The average molecular weight is 240 g/mol. The number of benzene rings is 1. The number of ether oxygens (including phenoxy) is 1. The summed E-state index contributed by atoms with van der Waals surface area (Å²) >= 11 is 0. The molecule has 96 valence electrons. The summed E-state index contributed by atoms with van der Waals surface area (Å²) in [5, 5.41) is 3.21. The minimum atomic E-state index is -0.253. The van der Waals surface area contributed by atoms with E-state index in [1.807, 2.05) is 19.9 Å². The van der Waals surface area contributed by atoms with Gasteiger partial charge in [-0.15, -0.1) is 0 Å². The SMILES string of the molecule is COC(C)(C)CC(CN)Nc1cccc(F)c1. The molecule has 0 radical (unpaired) electrons. The molecule has 0 heterocycles. The number of hydrogen-bond acceptors (Lipinski definition) is 3. The minimum Gasteiger partial charge on any atom is -0.381 e. The monoisotopic (exact) mass is 240 g/mol. The molecule has 1 aromatic rings. The van der Waals surface area contributed by atoms with Crippen molar-refractivity contribution < 1.29 is 9.13 Å². The van der Waals surface area contributed by atoms with Gasteiger partial charge in [-0.05, 0) is 38.5 Å². The third-order valence-corrected chi connectivity index (χ3v) is 2.77. The summed E-state index contributed by atoms with van der Waals surface area (Å²) in [5.41, 5.74) is 6.21. The molecule has 3 nitrogen and oxygen atoms in total. The fraction of sp³-hybridized carbons (Fsp3) is 0.538. The Morgan fingerprint density at radius 3 is 2.71 bits per heavy atom. The Balaban J connectivity index is 2.64. The zero-order valence-corrected chi connectivity index (χ0v) is 10.7. The molecule has 0 aliphatic rings. The lowest BCUT2D eigenvalue weighted by atomic mass is 9.98. The number of methoxy groups -OCH3 is 1. The highest BCUT2D eigenvalue weighted by Crippen LogP contribution is 2.18. The van der Waals surface area contributed by atoms with Crippen LogP contribution >= 0.6 is 0 Å². The van der Waals surface area contributed by atoms with Gasteiger partial charge in [-0.25, -0.2) is 4.39 Å². The van der Waals surface area contributed by atoms with Crippen LogP contribution in [-0.4, -0.2) is 25.3 Å². The molecule has 3 N–H and O–H groups in total. The molecule has 0 aliphatic carbocycles.